The van der Waals surface area contributed by atoms with Gasteiger partial charge in [0, 0.05) is 0 Å². The van der Waals surface area contributed by atoms with Gasteiger partial charge in [0.1, 0.15) is 0 Å². The van der Waals surface area contributed by atoms with E-state index in [9.17, 15) is 18.6 Å². The van der Waals surface area contributed by atoms with Crippen LogP contribution in [-0.2, 0) is 9.84 Å². The van der Waals surface area contributed by atoms with E-state index in [0.29, 0.717) is 22.6 Å². The fourth-order valence-electron chi connectivity index (χ4n) is 9.39. The summed E-state index contributed by atoms with van der Waals surface area (Å²) in [6.45, 7) is 19.6. The first-order valence-electron chi connectivity index (χ1n) is 16.3. The van der Waals surface area contributed by atoms with Gasteiger partial charge in [-0.3, -0.25) is 0 Å². The lowest BCUT2D eigenvalue weighted by atomic mass is 9.44. The molecule has 3 aliphatic carbocycles. The number of rotatable bonds is 8. The van der Waals surface area contributed by atoms with Crippen LogP contribution < -0.4 is 0 Å². The minimum atomic E-state index is -3.64. The Hall–Kier alpha value is -1.17. The zero-order valence-corrected chi connectivity index (χ0v) is 28.1. The van der Waals surface area contributed by atoms with Gasteiger partial charge in [-0.1, -0.05) is 91.7 Å². The molecular weight excluding hydrogens is 528 g/mol. The van der Waals surface area contributed by atoms with E-state index in [-0.39, 0.29) is 29.1 Å². The van der Waals surface area contributed by atoms with Crippen LogP contribution in [0.25, 0.3) is 0 Å². The summed E-state index contributed by atoms with van der Waals surface area (Å²) in [5.74, 6) is 1.76. The Bertz CT molecular complexity index is 1200. The SMILES string of the molecule is CC[C@H]1[C@@H]2CC=C3C[C@@](C)(O)CC[C@]3(C)[C@H]2CC[C@]1(C)[C@H](C)[C@H](C)C(CC(O)C(C)(C)C)S(=O)(=O)c1ccccc1. The maximum absolute atomic E-state index is 14.2. The molecule has 10 atom stereocenters. The van der Waals surface area contributed by atoms with Crippen LogP contribution in [-0.4, -0.2) is 35.6 Å². The predicted molar refractivity (Wildman–Crippen MR) is 169 cm³/mol. The average molecular weight is 587 g/mol. The van der Waals surface area contributed by atoms with Gasteiger partial charge in [-0.2, -0.15) is 0 Å². The van der Waals surface area contributed by atoms with Gasteiger partial charge < -0.3 is 10.2 Å². The molecule has 2 N–H and O–H groups in total. The van der Waals surface area contributed by atoms with E-state index in [1.807, 2.05) is 33.8 Å². The summed E-state index contributed by atoms with van der Waals surface area (Å²) >= 11 is 0. The molecule has 4 rings (SSSR count). The highest BCUT2D eigenvalue weighted by molar-refractivity contribution is 7.92. The van der Waals surface area contributed by atoms with Crippen molar-refractivity contribution in [2.45, 2.75) is 136 Å². The molecule has 2 fully saturated rings. The number of benzene rings is 1. The summed E-state index contributed by atoms with van der Waals surface area (Å²) in [5.41, 5.74) is 0.652. The van der Waals surface area contributed by atoms with Crippen molar-refractivity contribution in [2.24, 2.45) is 45.8 Å². The summed E-state index contributed by atoms with van der Waals surface area (Å²) in [5, 5.41) is 21.4. The highest BCUT2D eigenvalue weighted by Crippen LogP contribution is 2.64. The van der Waals surface area contributed by atoms with Crippen LogP contribution in [0.1, 0.15) is 114 Å². The third-order valence-corrected chi connectivity index (χ3v) is 14.9. The minimum absolute atomic E-state index is 0.00827. The van der Waals surface area contributed by atoms with Crippen LogP contribution in [0.5, 0.6) is 0 Å². The maximum Gasteiger partial charge on any atom is 0.181 e. The van der Waals surface area contributed by atoms with Crippen molar-refractivity contribution in [3.63, 3.8) is 0 Å². The molecule has 2 saturated carbocycles. The van der Waals surface area contributed by atoms with Crippen molar-refractivity contribution in [3.8, 4) is 0 Å². The van der Waals surface area contributed by atoms with Crippen molar-refractivity contribution >= 4 is 9.84 Å². The molecule has 0 bridgehead atoms. The fourth-order valence-corrected chi connectivity index (χ4v) is 11.5. The van der Waals surface area contributed by atoms with E-state index in [0.717, 1.165) is 44.9 Å². The lowest BCUT2D eigenvalue weighted by Gasteiger charge is -2.61. The van der Waals surface area contributed by atoms with Crippen molar-refractivity contribution in [1.29, 1.82) is 0 Å². The molecule has 0 spiro atoms. The van der Waals surface area contributed by atoms with Gasteiger partial charge in [-0.15, -0.1) is 0 Å². The summed E-state index contributed by atoms with van der Waals surface area (Å²) in [6.07, 6.45) is 9.12. The molecule has 3 aliphatic rings. The Labute approximate surface area is 251 Å². The zero-order valence-electron chi connectivity index (χ0n) is 27.3. The second kappa shape index (κ2) is 11.4. The monoisotopic (exact) mass is 586 g/mol. The molecule has 41 heavy (non-hydrogen) atoms. The summed E-state index contributed by atoms with van der Waals surface area (Å²) in [4.78, 5) is 0.358. The highest BCUT2D eigenvalue weighted by atomic mass is 32.2. The highest BCUT2D eigenvalue weighted by Gasteiger charge is 2.57. The van der Waals surface area contributed by atoms with Crippen molar-refractivity contribution < 1.29 is 18.6 Å². The van der Waals surface area contributed by atoms with Gasteiger partial charge in [0.2, 0.25) is 0 Å². The number of sulfone groups is 1. The zero-order chi connectivity index (χ0) is 30.6. The Morgan fingerprint density at radius 2 is 1.66 bits per heavy atom. The second-order valence-electron chi connectivity index (χ2n) is 16.0. The van der Waals surface area contributed by atoms with E-state index in [2.05, 4.69) is 40.7 Å². The lowest BCUT2D eigenvalue weighted by molar-refractivity contribution is -0.0926. The van der Waals surface area contributed by atoms with Crippen LogP contribution in [0.15, 0.2) is 46.9 Å². The third-order valence-electron chi connectivity index (χ3n) is 12.6. The standard InChI is InChI=1S/C36H58O4S/c1-10-29-28-17-16-26-23-34(7,38)20-21-36(26,9)30(28)18-19-35(29,8)25(3)24(2)31(22-32(37)33(4,5)6)41(39,40)27-14-12-11-13-15-27/h11-16,24-25,28-32,37-38H,10,17-23H2,1-9H3/t24-,25+,28-,29-,30-,31?,32?,34-,35+,36-/m0/s1. The van der Waals surface area contributed by atoms with Gasteiger partial charge in [-0.05, 0) is 110 Å². The lowest BCUT2D eigenvalue weighted by Crippen LogP contribution is -2.54. The topological polar surface area (TPSA) is 74.6 Å². The minimum Gasteiger partial charge on any atom is -0.393 e. The Kier molecular flexibility index (Phi) is 9.10. The van der Waals surface area contributed by atoms with E-state index in [1.165, 1.54) is 5.57 Å². The number of hydrogen-bond acceptors (Lipinski definition) is 4. The Balaban J connectivity index is 1.67. The summed E-state index contributed by atoms with van der Waals surface area (Å²) in [6, 6.07) is 8.86. The first-order chi connectivity index (χ1) is 18.9. The summed E-state index contributed by atoms with van der Waals surface area (Å²) in [7, 11) is -3.64. The number of fused-ring (bicyclic) bond motifs is 3. The number of allylic oxidation sites excluding steroid dienone is 1. The first kappa shape index (κ1) is 32.7. The van der Waals surface area contributed by atoms with Crippen molar-refractivity contribution in [1.82, 2.24) is 0 Å². The molecule has 2 unspecified atom stereocenters. The molecular formula is C36H58O4S. The average Bonchev–Trinajstić information content (AvgIpc) is 2.90. The molecule has 0 aliphatic heterocycles. The molecule has 4 nitrogen and oxygen atoms in total. The van der Waals surface area contributed by atoms with Gasteiger partial charge in [-0.25, -0.2) is 8.42 Å². The first-order valence-corrected chi connectivity index (χ1v) is 17.8. The van der Waals surface area contributed by atoms with Crippen molar-refractivity contribution in [3.05, 3.63) is 42.0 Å². The Morgan fingerprint density at radius 3 is 2.24 bits per heavy atom. The molecule has 1 aromatic carbocycles. The van der Waals surface area contributed by atoms with Gasteiger partial charge in [0.25, 0.3) is 0 Å². The second-order valence-corrected chi connectivity index (χ2v) is 18.2. The molecule has 0 radical (unpaired) electrons. The molecule has 232 valence electrons. The van der Waals surface area contributed by atoms with E-state index in [1.54, 1.807) is 24.3 Å². The molecule has 0 amide bonds. The summed E-state index contributed by atoms with van der Waals surface area (Å²) < 4.78 is 28.4. The number of hydrogen-bond donors (Lipinski definition) is 2. The molecule has 0 aromatic heterocycles. The van der Waals surface area contributed by atoms with E-state index in [4.69, 9.17) is 0 Å². The quantitative estimate of drug-likeness (QED) is 0.301. The largest absolute Gasteiger partial charge is 0.393 e. The Morgan fingerprint density at radius 1 is 1.02 bits per heavy atom. The third kappa shape index (κ3) is 5.98. The fraction of sp³-hybridized carbons (Fsp3) is 0.778. The van der Waals surface area contributed by atoms with Crippen molar-refractivity contribution in [2.75, 3.05) is 0 Å². The van der Waals surface area contributed by atoms with Gasteiger partial charge in [0.15, 0.2) is 9.84 Å². The van der Waals surface area contributed by atoms with E-state index >= 15 is 0 Å². The molecule has 0 heterocycles. The van der Waals surface area contributed by atoms with Crippen LogP contribution in [0.2, 0.25) is 0 Å². The molecule has 5 heteroatoms. The van der Waals surface area contributed by atoms with Gasteiger partial charge in [0.05, 0.1) is 21.9 Å². The number of aliphatic hydroxyl groups is 2. The molecule has 1 aromatic rings. The molecule has 0 saturated heterocycles. The number of aliphatic hydroxyl groups excluding tert-OH is 1. The van der Waals surface area contributed by atoms with Crippen LogP contribution >= 0.6 is 0 Å². The van der Waals surface area contributed by atoms with E-state index < -0.39 is 32.2 Å². The van der Waals surface area contributed by atoms with Crippen LogP contribution in [0, 0.1) is 45.8 Å². The normalized spacial score (nSPS) is 37.2. The predicted octanol–water partition coefficient (Wildman–Crippen LogP) is 8.23. The maximum atomic E-state index is 14.2. The van der Waals surface area contributed by atoms with Crippen LogP contribution in [0.3, 0.4) is 0 Å². The van der Waals surface area contributed by atoms with Crippen LogP contribution in [0.4, 0.5) is 0 Å². The smallest absolute Gasteiger partial charge is 0.181 e. The van der Waals surface area contributed by atoms with Gasteiger partial charge >= 0.3 is 0 Å².